The Morgan fingerprint density at radius 3 is 2.33 bits per heavy atom. The summed E-state index contributed by atoms with van der Waals surface area (Å²) in [6.45, 7) is 0. The summed E-state index contributed by atoms with van der Waals surface area (Å²) in [4.78, 5) is 11.1. The highest BCUT2D eigenvalue weighted by Crippen LogP contribution is 2.04. The molecule has 0 bridgehead atoms. The van der Waals surface area contributed by atoms with Gasteiger partial charge in [0.1, 0.15) is 0 Å². The van der Waals surface area contributed by atoms with Crippen LogP contribution in [0.15, 0.2) is 4.85 Å². The fourth-order valence-electron chi connectivity index (χ4n) is 0.0333. The van der Waals surface area contributed by atoms with Gasteiger partial charge in [0.25, 0.3) is 0 Å². The molecule has 1 atom stereocenters. The quantitative estimate of drug-likeness (QED) is 0.193. The van der Waals surface area contributed by atoms with Gasteiger partial charge in [-0.15, -0.1) is 0 Å². The van der Waals surface area contributed by atoms with E-state index in [0.717, 1.165) is 0 Å². The van der Waals surface area contributed by atoms with Crippen molar-refractivity contribution in [2.75, 3.05) is 0 Å². The zero-order valence-corrected chi connectivity index (χ0v) is 3.89. The molecule has 0 aliphatic rings. The van der Waals surface area contributed by atoms with Crippen molar-refractivity contribution < 1.29 is 4.89 Å². The van der Waals surface area contributed by atoms with Crippen molar-refractivity contribution in [2.45, 2.75) is 0 Å². The van der Waals surface area contributed by atoms with Crippen LogP contribution < -0.4 is 16.9 Å². The molecule has 0 fully saturated rings. The van der Waals surface area contributed by atoms with Crippen molar-refractivity contribution in [3.63, 3.8) is 0 Å². The molecule has 1 unspecified atom stereocenters. The summed E-state index contributed by atoms with van der Waals surface area (Å²) in [5.74, 6) is 9.18. The molecule has 0 amide bonds. The van der Waals surface area contributed by atoms with Crippen LogP contribution in [-0.2, 0) is 0 Å². The topological polar surface area (TPSA) is 96.7 Å². The van der Waals surface area contributed by atoms with Crippen molar-refractivity contribution in [3.05, 3.63) is 0 Å². The first-order valence-corrected chi connectivity index (χ1v) is 2.42. The molecule has 0 rings (SSSR count). The number of nitrogens with two attached hydrogens (primary N) is 2. The van der Waals surface area contributed by atoms with Gasteiger partial charge in [0.2, 0.25) is 0 Å². The Kier molecular flexibility index (Phi) is 3.11. The number of nitrogens with one attached hydrogen (secondary N) is 1. The van der Waals surface area contributed by atoms with E-state index in [2.05, 4.69) is 16.5 Å². The molecule has 0 radical (unpaired) electrons. The Morgan fingerprint density at radius 1 is 1.83 bits per heavy atom. The van der Waals surface area contributed by atoms with Crippen LogP contribution in [0, 0.1) is 0 Å². The first-order valence-electron chi connectivity index (χ1n) is 1.17. The largest absolute Gasteiger partial charge is 0.505 e. The summed E-state index contributed by atoms with van der Waals surface area (Å²) in [6.07, 6.45) is 0. The molecule has 0 aliphatic heterocycles. The molecule has 5 nitrogen and oxygen atoms in total. The van der Waals surface area contributed by atoms with E-state index in [1.807, 2.05) is 5.20 Å². The minimum atomic E-state index is -1.65. The average molecular weight is 109 g/mol. The van der Waals surface area contributed by atoms with Gasteiger partial charge in [-0.3, -0.25) is 0 Å². The van der Waals surface area contributed by atoms with Gasteiger partial charge in [-0.1, -0.05) is 0 Å². The molecular formula is H6N4OP+. The molecule has 0 aromatic heterocycles. The second-order valence-corrected chi connectivity index (χ2v) is 1.60. The molecule has 6 heavy (non-hydrogen) atoms. The number of hydrogen-bond donors (Lipinski definition) is 4. The molecule has 6 N–H and O–H groups in total. The molecule has 0 aromatic rings. The Labute approximate surface area is 35.9 Å². The van der Waals surface area contributed by atoms with Crippen LogP contribution in [0.1, 0.15) is 0 Å². The lowest BCUT2D eigenvalue weighted by atomic mass is 13.0. The lowest BCUT2D eigenvalue weighted by Crippen LogP contribution is -2.11. The summed E-state index contributed by atoms with van der Waals surface area (Å²) in [5.41, 5.74) is 0. The summed E-state index contributed by atoms with van der Waals surface area (Å²) in [7, 11) is -1.65. The van der Waals surface area contributed by atoms with Crippen molar-refractivity contribution in [1.29, 1.82) is 0 Å². The predicted molar refractivity (Wildman–Crippen MR) is 23.1 cm³/mol. The monoisotopic (exact) mass is 109 g/mol. The Balaban J connectivity index is 3.22. The standard InChI is InChI=1S/H6N4OP/c1-3-6(5)4-2/h1-2H2,(H2,3,4,5)/q+1. The van der Waals surface area contributed by atoms with E-state index in [9.17, 15) is 0 Å². The summed E-state index contributed by atoms with van der Waals surface area (Å²) in [5, 5.41) is 1.94. The number of nitrogens with zero attached hydrogens (tertiary/aromatic N) is 1. The van der Waals surface area contributed by atoms with Gasteiger partial charge in [-0.05, 0) is 5.20 Å². The fraction of sp³-hybridized carbons (Fsp3) is 0. The van der Waals surface area contributed by atoms with Gasteiger partial charge >= 0.3 is 8.09 Å². The van der Waals surface area contributed by atoms with Crippen LogP contribution in [0.3, 0.4) is 0 Å². The highest BCUT2D eigenvalue weighted by Gasteiger charge is 1.97. The summed E-state index contributed by atoms with van der Waals surface area (Å²) < 4.78 is 0. The molecule has 36 valence electrons. The van der Waals surface area contributed by atoms with E-state index >= 15 is 0 Å². The van der Waals surface area contributed by atoms with Crippen LogP contribution in [-0.4, -0.2) is 4.89 Å². The molecule has 0 spiro atoms. The molecule has 0 heterocycles. The predicted octanol–water partition coefficient (Wildman–Crippen LogP) is -1.19. The third-order valence-corrected chi connectivity index (χ3v) is 0.675. The minimum Gasteiger partial charge on any atom is -0.229 e. The number of hydrogen-bond acceptors (Lipinski definition) is 2. The van der Waals surface area contributed by atoms with E-state index in [1.54, 1.807) is 0 Å². The first-order chi connectivity index (χ1) is 2.81. The average Bonchev–Trinajstić information content (AvgIpc) is 1.65. The Hall–Kier alpha value is -0.0600. The molecule has 0 aromatic carbocycles. The van der Waals surface area contributed by atoms with Crippen molar-refractivity contribution in [3.8, 4) is 0 Å². The third kappa shape index (κ3) is 2.19. The minimum absolute atomic E-state index is 1.65. The van der Waals surface area contributed by atoms with Crippen LogP contribution in [0.25, 0.3) is 0 Å². The van der Waals surface area contributed by atoms with E-state index in [0.29, 0.717) is 0 Å². The lowest BCUT2D eigenvalue weighted by Gasteiger charge is -1.68. The normalized spacial score (nSPS) is 12.2. The maximum Gasteiger partial charge on any atom is 0.505 e. The maximum atomic E-state index is 8.20. The molecule has 0 saturated heterocycles. The summed E-state index contributed by atoms with van der Waals surface area (Å²) in [6, 6.07) is 0. The van der Waals surface area contributed by atoms with Gasteiger partial charge in [-0.25, -0.2) is 5.84 Å². The third-order valence-electron chi connectivity index (χ3n) is 0.225. The van der Waals surface area contributed by atoms with E-state index < -0.39 is 8.09 Å². The smallest absolute Gasteiger partial charge is 0.229 e. The second-order valence-electron chi connectivity index (χ2n) is 0.534. The zero-order valence-electron chi connectivity index (χ0n) is 3.00. The zero-order chi connectivity index (χ0) is 4.99. The fourth-order valence-corrected chi connectivity index (χ4v) is 0.100. The van der Waals surface area contributed by atoms with Gasteiger partial charge in [0, 0.05) is 4.85 Å². The van der Waals surface area contributed by atoms with Gasteiger partial charge in [0.05, 0.1) is 0 Å². The van der Waals surface area contributed by atoms with Crippen LogP contribution in [0.5, 0.6) is 0 Å². The van der Waals surface area contributed by atoms with E-state index in [4.69, 9.17) is 4.89 Å². The van der Waals surface area contributed by atoms with Crippen molar-refractivity contribution in [1.82, 2.24) is 5.20 Å². The second kappa shape index (κ2) is 3.14. The molecule has 6 heteroatoms. The van der Waals surface area contributed by atoms with Gasteiger partial charge < -0.3 is 0 Å². The van der Waals surface area contributed by atoms with Gasteiger partial charge in [-0.2, -0.15) is 10.7 Å². The Bertz CT molecular complexity index is 58.6. The number of rotatable bonds is 1. The molecule has 0 aliphatic carbocycles. The molecular weight excluding hydrogens is 103 g/mol. The van der Waals surface area contributed by atoms with Gasteiger partial charge in [0.15, 0.2) is 0 Å². The number of hydrazine groups is 1. The highest BCUT2D eigenvalue weighted by molar-refractivity contribution is 7.38. The van der Waals surface area contributed by atoms with Crippen LogP contribution in [0.2, 0.25) is 0 Å². The van der Waals surface area contributed by atoms with E-state index in [1.165, 1.54) is 0 Å². The van der Waals surface area contributed by atoms with Crippen molar-refractivity contribution >= 4 is 8.09 Å². The van der Waals surface area contributed by atoms with E-state index in [-0.39, 0.29) is 0 Å². The highest BCUT2D eigenvalue weighted by atomic mass is 31.1. The van der Waals surface area contributed by atoms with Crippen LogP contribution in [0.4, 0.5) is 0 Å². The lowest BCUT2D eigenvalue weighted by molar-refractivity contribution is 0.617. The Morgan fingerprint density at radius 2 is 2.33 bits per heavy atom. The SMILES string of the molecule is N/N=[P+](\O)NN. The van der Waals surface area contributed by atoms with Crippen molar-refractivity contribution in [2.24, 2.45) is 16.5 Å². The summed E-state index contributed by atoms with van der Waals surface area (Å²) >= 11 is 0. The molecule has 0 saturated carbocycles. The maximum absolute atomic E-state index is 8.20. The van der Waals surface area contributed by atoms with Crippen LogP contribution >= 0.6 is 8.09 Å². The first kappa shape index (κ1) is 5.94.